The molecule has 1 aromatic rings. The lowest BCUT2D eigenvalue weighted by Gasteiger charge is -2.03. The van der Waals surface area contributed by atoms with Gasteiger partial charge in [0.15, 0.2) is 0 Å². The fourth-order valence-corrected chi connectivity index (χ4v) is 2.40. The van der Waals surface area contributed by atoms with Crippen molar-refractivity contribution in [3.63, 3.8) is 0 Å². The molecule has 1 N–H and O–H groups in total. The molecule has 2 heterocycles. The molecule has 0 saturated carbocycles. The van der Waals surface area contributed by atoms with E-state index in [2.05, 4.69) is 14.9 Å². The third-order valence-corrected chi connectivity index (χ3v) is 3.37. The predicted molar refractivity (Wildman–Crippen MR) is 62.4 cm³/mol. The van der Waals surface area contributed by atoms with Crippen molar-refractivity contribution in [2.24, 2.45) is 0 Å². The third kappa shape index (κ3) is 2.34. The van der Waals surface area contributed by atoms with Crippen molar-refractivity contribution in [1.82, 2.24) is 14.9 Å². The average Bonchev–Trinajstić information content (AvgIpc) is 2.44. The van der Waals surface area contributed by atoms with E-state index in [1.54, 1.807) is 0 Å². The topological polar surface area (TPSA) is 29.9 Å². The molecule has 0 fully saturated rings. The molecule has 1 aliphatic heterocycles. The summed E-state index contributed by atoms with van der Waals surface area (Å²) in [5, 5.41) is 3.99. The maximum Gasteiger partial charge on any atom is 0.132 e. The molecule has 1 aromatic heterocycles. The molecule has 0 bridgehead atoms. The summed E-state index contributed by atoms with van der Waals surface area (Å²) in [6.07, 6.45) is 5.79. The molecule has 0 radical (unpaired) electrons. The first-order valence-corrected chi connectivity index (χ1v) is 6.09. The molecule has 2 rings (SSSR count). The summed E-state index contributed by atoms with van der Waals surface area (Å²) in [5.74, 6) is 1.18. The second-order valence-corrected chi connectivity index (χ2v) is 4.44. The number of aryl methyl sites for hydroxylation is 1. The highest BCUT2D eigenvalue weighted by atomic mass is 35.5. The van der Waals surface area contributed by atoms with Crippen LogP contribution in [-0.4, -0.2) is 23.1 Å². The summed E-state index contributed by atoms with van der Waals surface area (Å²) in [6.45, 7) is 1.98. The molecule has 0 unspecified atom stereocenters. The summed E-state index contributed by atoms with van der Waals surface area (Å²) in [5.41, 5.74) is 1.06. The highest BCUT2D eigenvalue weighted by Gasteiger charge is 2.16. The molecule has 0 saturated heterocycles. The van der Waals surface area contributed by atoms with Gasteiger partial charge in [0.2, 0.25) is 0 Å². The second-order valence-electron chi connectivity index (χ2n) is 4.08. The Balaban J connectivity index is 2.19. The number of rotatable bonds is 3. The Hall–Kier alpha value is -0.540. The Bertz CT molecular complexity index is 333. The zero-order valence-electron chi connectivity index (χ0n) is 9.22. The van der Waals surface area contributed by atoms with Crippen LogP contribution in [-0.2, 0) is 19.4 Å². The van der Waals surface area contributed by atoms with Crippen LogP contribution in [0.1, 0.15) is 30.8 Å². The van der Waals surface area contributed by atoms with Crippen molar-refractivity contribution in [3.8, 4) is 0 Å². The van der Waals surface area contributed by atoms with Crippen molar-refractivity contribution in [3.05, 3.63) is 16.7 Å². The SMILES string of the molecule is CNCCc1nc2n(c1Cl)CCCCC2. The molecule has 84 valence electrons. The van der Waals surface area contributed by atoms with E-state index in [-0.39, 0.29) is 0 Å². The summed E-state index contributed by atoms with van der Waals surface area (Å²) in [4.78, 5) is 4.64. The zero-order chi connectivity index (χ0) is 10.7. The standard InChI is InChI=1S/C11H18ClN3/c1-13-7-6-9-11(12)15-8-4-2-3-5-10(15)14-9/h13H,2-8H2,1H3. The van der Waals surface area contributed by atoms with Gasteiger partial charge in [0.05, 0.1) is 5.69 Å². The largest absolute Gasteiger partial charge is 0.319 e. The van der Waals surface area contributed by atoms with Gasteiger partial charge in [-0.1, -0.05) is 18.0 Å². The van der Waals surface area contributed by atoms with E-state index in [1.807, 2.05) is 7.05 Å². The van der Waals surface area contributed by atoms with E-state index in [9.17, 15) is 0 Å². The number of nitrogens with one attached hydrogen (secondary N) is 1. The van der Waals surface area contributed by atoms with E-state index in [4.69, 9.17) is 11.6 Å². The van der Waals surface area contributed by atoms with Crippen molar-refractivity contribution in [2.45, 2.75) is 38.6 Å². The first-order chi connectivity index (χ1) is 7.33. The molecular weight excluding hydrogens is 210 g/mol. The molecule has 3 nitrogen and oxygen atoms in total. The minimum Gasteiger partial charge on any atom is -0.319 e. The van der Waals surface area contributed by atoms with Crippen molar-refractivity contribution in [1.29, 1.82) is 0 Å². The van der Waals surface area contributed by atoms with Crippen LogP contribution in [0.2, 0.25) is 5.15 Å². The summed E-state index contributed by atoms with van der Waals surface area (Å²) in [6, 6.07) is 0. The molecule has 0 aromatic carbocycles. The number of aromatic nitrogens is 2. The summed E-state index contributed by atoms with van der Waals surface area (Å²) >= 11 is 6.32. The summed E-state index contributed by atoms with van der Waals surface area (Å²) in [7, 11) is 1.95. The van der Waals surface area contributed by atoms with Gasteiger partial charge < -0.3 is 9.88 Å². The van der Waals surface area contributed by atoms with E-state index in [0.29, 0.717) is 0 Å². The van der Waals surface area contributed by atoms with Gasteiger partial charge in [0.25, 0.3) is 0 Å². The normalized spacial score (nSPS) is 16.1. The van der Waals surface area contributed by atoms with Crippen LogP contribution in [0.15, 0.2) is 0 Å². The zero-order valence-corrected chi connectivity index (χ0v) is 9.98. The smallest absolute Gasteiger partial charge is 0.132 e. The molecular formula is C11H18ClN3. The van der Waals surface area contributed by atoms with E-state index in [1.165, 1.54) is 25.1 Å². The first kappa shape index (κ1) is 11.0. The van der Waals surface area contributed by atoms with Crippen LogP contribution < -0.4 is 5.32 Å². The Morgan fingerprint density at radius 1 is 1.40 bits per heavy atom. The van der Waals surface area contributed by atoms with Gasteiger partial charge in [-0.3, -0.25) is 0 Å². The van der Waals surface area contributed by atoms with E-state index >= 15 is 0 Å². The minimum absolute atomic E-state index is 0.863. The Morgan fingerprint density at radius 2 is 2.27 bits per heavy atom. The molecule has 15 heavy (non-hydrogen) atoms. The molecule has 4 heteroatoms. The number of imidazole rings is 1. The number of likely N-dealkylation sites (N-methyl/N-ethyl adjacent to an activating group) is 1. The van der Waals surface area contributed by atoms with E-state index < -0.39 is 0 Å². The fourth-order valence-electron chi connectivity index (χ4n) is 2.08. The van der Waals surface area contributed by atoms with Crippen LogP contribution in [0.5, 0.6) is 0 Å². The van der Waals surface area contributed by atoms with Gasteiger partial charge in [-0.05, 0) is 19.9 Å². The molecule has 0 aliphatic carbocycles. The van der Waals surface area contributed by atoms with Crippen molar-refractivity contribution >= 4 is 11.6 Å². The lowest BCUT2D eigenvalue weighted by atomic mass is 10.2. The Morgan fingerprint density at radius 3 is 3.07 bits per heavy atom. The van der Waals surface area contributed by atoms with Gasteiger partial charge in [-0.2, -0.15) is 0 Å². The van der Waals surface area contributed by atoms with Crippen LogP contribution in [0, 0.1) is 0 Å². The van der Waals surface area contributed by atoms with E-state index in [0.717, 1.165) is 36.8 Å². The van der Waals surface area contributed by atoms with Gasteiger partial charge in [0.1, 0.15) is 11.0 Å². The molecule has 1 aliphatic rings. The van der Waals surface area contributed by atoms with Crippen molar-refractivity contribution in [2.75, 3.05) is 13.6 Å². The van der Waals surface area contributed by atoms with Crippen LogP contribution in [0.3, 0.4) is 0 Å². The lowest BCUT2D eigenvalue weighted by Crippen LogP contribution is -2.10. The van der Waals surface area contributed by atoms with Crippen LogP contribution in [0.4, 0.5) is 0 Å². The number of fused-ring (bicyclic) bond motifs is 1. The number of nitrogens with zero attached hydrogens (tertiary/aromatic N) is 2. The number of halogens is 1. The van der Waals surface area contributed by atoms with Crippen LogP contribution in [0.25, 0.3) is 0 Å². The maximum atomic E-state index is 6.32. The lowest BCUT2D eigenvalue weighted by molar-refractivity contribution is 0.634. The average molecular weight is 228 g/mol. The number of hydrogen-bond acceptors (Lipinski definition) is 2. The third-order valence-electron chi connectivity index (χ3n) is 2.94. The fraction of sp³-hybridized carbons (Fsp3) is 0.727. The molecule has 0 amide bonds. The van der Waals surface area contributed by atoms with Crippen LogP contribution >= 0.6 is 11.6 Å². The quantitative estimate of drug-likeness (QED) is 0.857. The van der Waals surface area contributed by atoms with Crippen molar-refractivity contribution < 1.29 is 0 Å². The maximum absolute atomic E-state index is 6.32. The first-order valence-electron chi connectivity index (χ1n) is 5.71. The Labute approximate surface area is 95.8 Å². The Kier molecular flexibility index (Phi) is 3.65. The monoisotopic (exact) mass is 227 g/mol. The van der Waals surface area contributed by atoms with Gasteiger partial charge in [0, 0.05) is 25.9 Å². The highest BCUT2D eigenvalue weighted by Crippen LogP contribution is 2.23. The minimum atomic E-state index is 0.863. The van der Waals surface area contributed by atoms with Gasteiger partial charge in [-0.15, -0.1) is 0 Å². The highest BCUT2D eigenvalue weighted by molar-refractivity contribution is 6.30. The summed E-state index contributed by atoms with van der Waals surface area (Å²) < 4.78 is 2.19. The van der Waals surface area contributed by atoms with Gasteiger partial charge in [-0.25, -0.2) is 4.98 Å². The predicted octanol–water partition coefficient (Wildman–Crippen LogP) is 2.02. The number of hydrogen-bond donors (Lipinski definition) is 1. The molecule has 0 atom stereocenters. The molecule has 0 spiro atoms. The van der Waals surface area contributed by atoms with Gasteiger partial charge >= 0.3 is 0 Å². The second kappa shape index (κ2) is 4.99.